The molecule has 0 saturated heterocycles. The normalized spacial score (nSPS) is 14.6. The molecule has 0 spiro atoms. The zero-order chi connectivity index (χ0) is 12.0. The lowest BCUT2D eigenvalue weighted by molar-refractivity contribution is -0.137. The number of aliphatic carboxylic acids is 1. The van der Waals surface area contributed by atoms with Gasteiger partial charge in [-0.3, -0.25) is 4.79 Å². The lowest BCUT2D eigenvalue weighted by Crippen LogP contribution is -2.32. The van der Waals surface area contributed by atoms with Crippen molar-refractivity contribution in [3.05, 3.63) is 22.4 Å². The van der Waals surface area contributed by atoms with Crippen LogP contribution in [0, 0.1) is 0 Å². The third-order valence-corrected chi connectivity index (χ3v) is 3.42. The minimum atomic E-state index is -0.749. The zero-order valence-corrected chi connectivity index (χ0v) is 10.6. The van der Waals surface area contributed by atoms with Gasteiger partial charge in [0.1, 0.15) is 0 Å². The van der Waals surface area contributed by atoms with Crippen molar-refractivity contribution in [1.82, 2.24) is 5.32 Å². The van der Waals surface area contributed by atoms with Crippen molar-refractivity contribution in [2.75, 3.05) is 0 Å². The Labute approximate surface area is 100 Å². The van der Waals surface area contributed by atoms with Crippen LogP contribution in [0.2, 0.25) is 0 Å². The molecule has 0 saturated carbocycles. The molecular weight excluding hydrogens is 222 g/mol. The van der Waals surface area contributed by atoms with Crippen molar-refractivity contribution in [2.24, 2.45) is 0 Å². The lowest BCUT2D eigenvalue weighted by Gasteiger charge is -2.21. The Morgan fingerprint density at radius 2 is 2.38 bits per heavy atom. The minimum absolute atomic E-state index is 0.0103. The van der Waals surface area contributed by atoms with Gasteiger partial charge in [0.15, 0.2) is 0 Å². The van der Waals surface area contributed by atoms with Crippen LogP contribution < -0.4 is 5.32 Å². The third kappa shape index (κ3) is 4.33. The molecule has 4 heteroatoms. The molecule has 0 bridgehead atoms. The summed E-state index contributed by atoms with van der Waals surface area (Å²) in [5.74, 6) is -0.749. The lowest BCUT2D eigenvalue weighted by atomic mass is 10.1. The van der Waals surface area contributed by atoms with Crippen molar-refractivity contribution in [2.45, 2.75) is 45.2 Å². The Morgan fingerprint density at radius 1 is 1.62 bits per heavy atom. The van der Waals surface area contributed by atoms with Gasteiger partial charge >= 0.3 is 5.97 Å². The average Bonchev–Trinajstić information content (AvgIpc) is 2.68. The highest BCUT2D eigenvalue weighted by Gasteiger charge is 2.15. The van der Waals surface area contributed by atoms with Gasteiger partial charge in [0.2, 0.25) is 0 Å². The van der Waals surface area contributed by atoms with Gasteiger partial charge in [-0.25, -0.2) is 0 Å². The highest BCUT2D eigenvalue weighted by Crippen LogP contribution is 2.23. The number of carbonyl (C=O) groups is 1. The molecule has 2 unspecified atom stereocenters. The van der Waals surface area contributed by atoms with Crippen molar-refractivity contribution in [3.8, 4) is 0 Å². The van der Waals surface area contributed by atoms with E-state index in [9.17, 15) is 4.79 Å². The summed E-state index contributed by atoms with van der Waals surface area (Å²) in [5.41, 5.74) is 0. The first-order chi connectivity index (χ1) is 7.63. The molecule has 0 radical (unpaired) electrons. The van der Waals surface area contributed by atoms with Crippen LogP contribution in [0.25, 0.3) is 0 Å². The van der Waals surface area contributed by atoms with E-state index in [0.29, 0.717) is 6.04 Å². The molecule has 2 N–H and O–H groups in total. The predicted octanol–water partition coefficient (Wildman–Crippen LogP) is 3.04. The van der Waals surface area contributed by atoms with Gasteiger partial charge in [-0.15, -0.1) is 11.3 Å². The van der Waals surface area contributed by atoms with E-state index in [1.807, 2.05) is 13.0 Å². The Hall–Kier alpha value is -0.870. The maximum absolute atomic E-state index is 10.6. The molecular formula is C12H19NO2S. The van der Waals surface area contributed by atoms with Crippen molar-refractivity contribution in [1.29, 1.82) is 0 Å². The molecule has 0 amide bonds. The van der Waals surface area contributed by atoms with Crippen LogP contribution in [0.1, 0.15) is 44.0 Å². The van der Waals surface area contributed by atoms with Crippen LogP contribution in [0.3, 0.4) is 0 Å². The first-order valence-corrected chi connectivity index (χ1v) is 6.52. The Bertz CT molecular complexity index is 311. The first-order valence-electron chi connectivity index (χ1n) is 5.64. The van der Waals surface area contributed by atoms with Gasteiger partial charge in [0.05, 0.1) is 6.42 Å². The summed E-state index contributed by atoms with van der Waals surface area (Å²) in [4.78, 5) is 11.9. The molecule has 90 valence electrons. The molecule has 2 atom stereocenters. The molecule has 0 aliphatic carbocycles. The van der Waals surface area contributed by atoms with Gasteiger partial charge in [-0.05, 0) is 24.8 Å². The molecule has 1 heterocycles. The maximum atomic E-state index is 10.6. The summed E-state index contributed by atoms with van der Waals surface area (Å²) >= 11 is 1.72. The molecule has 3 nitrogen and oxygen atoms in total. The quantitative estimate of drug-likeness (QED) is 0.771. The number of rotatable bonds is 7. The van der Waals surface area contributed by atoms with E-state index in [-0.39, 0.29) is 12.5 Å². The molecule has 1 aromatic heterocycles. The maximum Gasteiger partial charge on any atom is 0.304 e. The van der Waals surface area contributed by atoms with Gasteiger partial charge in [-0.2, -0.15) is 0 Å². The second-order valence-electron chi connectivity index (χ2n) is 4.02. The van der Waals surface area contributed by atoms with E-state index in [2.05, 4.69) is 23.7 Å². The first kappa shape index (κ1) is 13.2. The number of carboxylic acids is 1. The van der Waals surface area contributed by atoms with E-state index < -0.39 is 5.97 Å². The van der Waals surface area contributed by atoms with E-state index in [4.69, 9.17) is 5.11 Å². The number of hydrogen-bond acceptors (Lipinski definition) is 3. The SMILES string of the molecule is CCCC(NC(C)CC(=O)O)c1cccs1. The Kier molecular flexibility index (Phi) is 5.49. The molecule has 0 aliphatic heterocycles. The smallest absolute Gasteiger partial charge is 0.304 e. The number of thiophene rings is 1. The minimum Gasteiger partial charge on any atom is -0.481 e. The van der Waals surface area contributed by atoms with Crippen LogP contribution in [0.15, 0.2) is 17.5 Å². The Morgan fingerprint density at radius 3 is 2.88 bits per heavy atom. The Balaban J connectivity index is 2.54. The second kappa shape index (κ2) is 6.66. The molecule has 16 heavy (non-hydrogen) atoms. The largest absolute Gasteiger partial charge is 0.481 e. The van der Waals surface area contributed by atoms with Crippen molar-refractivity contribution < 1.29 is 9.90 Å². The van der Waals surface area contributed by atoms with Crippen molar-refractivity contribution >= 4 is 17.3 Å². The molecule has 0 aliphatic rings. The topological polar surface area (TPSA) is 49.3 Å². The summed E-state index contributed by atoms with van der Waals surface area (Å²) in [6.45, 7) is 4.06. The summed E-state index contributed by atoms with van der Waals surface area (Å²) in [7, 11) is 0. The summed E-state index contributed by atoms with van der Waals surface area (Å²) in [6, 6.07) is 4.44. The third-order valence-electron chi connectivity index (χ3n) is 2.43. The second-order valence-corrected chi connectivity index (χ2v) is 5.00. The number of carboxylic acid groups (broad SMARTS) is 1. The highest BCUT2D eigenvalue weighted by atomic mass is 32.1. The van der Waals surface area contributed by atoms with Crippen molar-refractivity contribution in [3.63, 3.8) is 0 Å². The fraction of sp³-hybridized carbons (Fsp3) is 0.583. The van der Waals surface area contributed by atoms with Crippen LogP contribution >= 0.6 is 11.3 Å². The summed E-state index contributed by atoms with van der Waals surface area (Å²) in [6.07, 6.45) is 2.31. The molecule has 0 aromatic carbocycles. The molecule has 1 rings (SSSR count). The average molecular weight is 241 g/mol. The zero-order valence-electron chi connectivity index (χ0n) is 9.77. The van der Waals surface area contributed by atoms with Gasteiger partial charge in [0.25, 0.3) is 0 Å². The predicted molar refractivity (Wildman–Crippen MR) is 66.8 cm³/mol. The van der Waals surface area contributed by atoms with Gasteiger partial charge in [-0.1, -0.05) is 19.4 Å². The van der Waals surface area contributed by atoms with E-state index in [1.54, 1.807) is 11.3 Å². The fourth-order valence-electron chi connectivity index (χ4n) is 1.75. The molecule has 0 fully saturated rings. The van der Waals surface area contributed by atoms with E-state index >= 15 is 0 Å². The standard InChI is InChI=1S/C12H19NO2S/c1-3-5-10(11-6-4-7-16-11)13-9(2)8-12(14)15/h4,6-7,9-10,13H,3,5,8H2,1-2H3,(H,14,15). The number of nitrogens with one attached hydrogen (secondary N) is 1. The van der Waals surface area contributed by atoms with Gasteiger partial charge in [0, 0.05) is 17.0 Å². The summed E-state index contributed by atoms with van der Waals surface area (Å²) in [5, 5.41) is 14.2. The van der Waals surface area contributed by atoms with Crippen LogP contribution in [-0.2, 0) is 4.79 Å². The van der Waals surface area contributed by atoms with Gasteiger partial charge < -0.3 is 10.4 Å². The summed E-state index contributed by atoms with van der Waals surface area (Å²) < 4.78 is 0. The monoisotopic (exact) mass is 241 g/mol. The highest BCUT2D eigenvalue weighted by molar-refractivity contribution is 7.10. The van der Waals surface area contributed by atoms with E-state index in [0.717, 1.165) is 12.8 Å². The van der Waals surface area contributed by atoms with E-state index in [1.165, 1.54) is 4.88 Å². The molecule has 1 aromatic rings. The van der Waals surface area contributed by atoms with Crippen LogP contribution in [0.5, 0.6) is 0 Å². The van der Waals surface area contributed by atoms with Crippen LogP contribution in [0.4, 0.5) is 0 Å². The number of hydrogen-bond donors (Lipinski definition) is 2. The fourth-order valence-corrected chi connectivity index (χ4v) is 2.57. The van der Waals surface area contributed by atoms with Crippen LogP contribution in [-0.4, -0.2) is 17.1 Å².